The summed E-state index contributed by atoms with van der Waals surface area (Å²) in [6.07, 6.45) is -2.21. The van der Waals surface area contributed by atoms with Crippen LogP contribution in [0, 0.1) is 5.92 Å². The molecule has 0 spiro atoms. The highest BCUT2D eigenvalue weighted by atomic mass is 16.6. The Labute approximate surface area is 153 Å². The number of carbonyl (C=O) groups excluding carboxylic acids is 3. The number of hydrogen-bond donors (Lipinski definition) is 2. The van der Waals surface area contributed by atoms with E-state index in [1.807, 2.05) is 6.07 Å². The van der Waals surface area contributed by atoms with Gasteiger partial charge < -0.3 is 25.3 Å². The van der Waals surface area contributed by atoms with Gasteiger partial charge in [0.15, 0.2) is 5.92 Å². The molecule has 1 amide bonds. The SMILES string of the molecule is CCOC(=O)[C@@H](C(=O)OCc1ccccc1)C(N)NC(=O)OC(C)(C)C. The molecule has 8 heteroatoms. The topological polar surface area (TPSA) is 117 Å². The summed E-state index contributed by atoms with van der Waals surface area (Å²) >= 11 is 0. The zero-order valence-electron chi connectivity index (χ0n) is 15.5. The fraction of sp³-hybridized carbons (Fsp3) is 0.500. The molecule has 1 aromatic rings. The van der Waals surface area contributed by atoms with Crippen molar-refractivity contribution in [3.8, 4) is 0 Å². The molecule has 0 aliphatic rings. The molecule has 0 radical (unpaired) electrons. The zero-order valence-corrected chi connectivity index (χ0v) is 15.5. The Bertz CT molecular complexity index is 612. The Morgan fingerprint density at radius 3 is 2.19 bits per heavy atom. The Morgan fingerprint density at radius 2 is 1.65 bits per heavy atom. The van der Waals surface area contributed by atoms with Gasteiger partial charge in [-0.25, -0.2) is 4.79 Å². The van der Waals surface area contributed by atoms with Crippen molar-refractivity contribution in [1.82, 2.24) is 5.32 Å². The Hall–Kier alpha value is -2.61. The van der Waals surface area contributed by atoms with E-state index in [0.717, 1.165) is 5.56 Å². The number of amides is 1. The molecular weight excluding hydrogens is 340 g/mol. The molecule has 0 heterocycles. The molecule has 144 valence electrons. The molecule has 2 atom stereocenters. The number of nitrogens with two attached hydrogens (primary N) is 1. The third-order valence-corrected chi connectivity index (χ3v) is 3.06. The summed E-state index contributed by atoms with van der Waals surface area (Å²) in [4.78, 5) is 36.3. The van der Waals surface area contributed by atoms with Gasteiger partial charge in [0, 0.05) is 0 Å². The predicted molar refractivity (Wildman–Crippen MR) is 93.7 cm³/mol. The standard InChI is InChI=1S/C18H26N2O6/c1-5-24-15(21)13(14(19)20-17(23)26-18(2,3)4)16(22)25-11-12-9-7-6-8-10-12/h6-10,13-14H,5,11,19H2,1-4H3,(H,20,23)/t13-,14?/m0/s1. The van der Waals surface area contributed by atoms with E-state index >= 15 is 0 Å². The highest BCUT2D eigenvalue weighted by Gasteiger charge is 2.37. The van der Waals surface area contributed by atoms with Gasteiger partial charge in [0.1, 0.15) is 18.4 Å². The molecule has 0 bridgehead atoms. The van der Waals surface area contributed by atoms with Crippen LogP contribution in [-0.4, -0.2) is 36.4 Å². The maximum Gasteiger partial charge on any atom is 0.408 e. The summed E-state index contributed by atoms with van der Waals surface area (Å²) in [7, 11) is 0. The molecular formula is C18H26N2O6. The van der Waals surface area contributed by atoms with Gasteiger partial charge in [0.05, 0.1) is 6.61 Å². The fourth-order valence-corrected chi connectivity index (χ4v) is 1.97. The average molecular weight is 366 g/mol. The molecule has 3 N–H and O–H groups in total. The molecule has 26 heavy (non-hydrogen) atoms. The lowest BCUT2D eigenvalue weighted by Crippen LogP contribution is -2.54. The highest BCUT2D eigenvalue weighted by molar-refractivity contribution is 5.96. The monoisotopic (exact) mass is 366 g/mol. The number of rotatable bonds is 7. The number of hydrogen-bond acceptors (Lipinski definition) is 7. The average Bonchev–Trinajstić information content (AvgIpc) is 2.52. The molecule has 0 aliphatic heterocycles. The number of benzene rings is 1. The smallest absolute Gasteiger partial charge is 0.408 e. The molecule has 0 saturated carbocycles. The van der Waals surface area contributed by atoms with E-state index < -0.39 is 35.7 Å². The number of esters is 2. The molecule has 0 fully saturated rings. The number of nitrogens with one attached hydrogen (secondary N) is 1. The molecule has 0 aliphatic carbocycles. The predicted octanol–water partition coefficient (Wildman–Crippen LogP) is 1.72. The van der Waals surface area contributed by atoms with Gasteiger partial charge in [-0.3, -0.25) is 9.59 Å². The number of ether oxygens (including phenoxy) is 3. The number of carbonyl (C=O) groups is 3. The summed E-state index contributed by atoms with van der Waals surface area (Å²) in [6, 6.07) is 8.95. The molecule has 0 aromatic heterocycles. The van der Waals surface area contributed by atoms with Gasteiger partial charge in [0.25, 0.3) is 0 Å². The van der Waals surface area contributed by atoms with Gasteiger partial charge in [-0.05, 0) is 33.3 Å². The number of alkyl carbamates (subject to hydrolysis) is 1. The van der Waals surface area contributed by atoms with E-state index in [9.17, 15) is 14.4 Å². The van der Waals surface area contributed by atoms with Crippen LogP contribution < -0.4 is 11.1 Å². The molecule has 8 nitrogen and oxygen atoms in total. The summed E-state index contributed by atoms with van der Waals surface area (Å²) in [5.41, 5.74) is 5.82. The van der Waals surface area contributed by atoms with Gasteiger partial charge in [-0.2, -0.15) is 0 Å². The Balaban J connectivity index is 2.77. The third kappa shape index (κ3) is 7.52. The lowest BCUT2D eigenvalue weighted by molar-refractivity contribution is -0.164. The first-order valence-electron chi connectivity index (χ1n) is 8.26. The van der Waals surface area contributed by atoms with Crippen molar-refractivity contribution in [2.24, 2.45) is 11.7 Å². The summed E-state index contributed by atoms with van der Waals surface area (Å²) in [6.45, 7) is 6.64. The lowest BCUT2D eigenvalue weighted by Gasteiger charge is -2.24. The van der Waals surface area contributed by atoms with E-state index in [-0.39, 0.29) is 13.2 Å². The van der Waals surface area contributed by atoms with Crippen molar-refractivity contribution in [2.75, 3.05) is 6.61 Å². The van der Waals surface area contributed by atoms with Crippen LogP contribution in [0.25, 0.3) is 0 Å². The minimum atomic E-state index is -1.51. The van der Waals surface area contributed by atoms with E-state index in [0.29, 0.717) is 0 Å². The van der Waals surface area contributed by atoms with Crippen molar-refractivity contribution in [3.05, 3.63) is 35.9 Å². The maximum absolute atomic E-state index is 12.3. The minimum absolute atomic E-state index is 0.0330. The normalized spacial score (nSPS) is 13.3. The first-order valence-corrected chi connectivity index (χ1v) is 8.26. The van der Waals surface area contributed by atoms with Crippen molar-refractivity contribution >= 4 is 18.0 Å². The summed E-state index contributed by atoms with van der Waals surface area (Å²) in [5, 5.41) is 2.27. The van der Waals surface area contributed by atoms with Crippen LogP contribution in [0.15, 0.2) is 30.3 Å². The zero-order chi connectivity index (χ0) is 19.7. The first kappa shape index (κ1) is 21.4. The van der Waals surface area contributed by atoms with Crippen LogP contribution in [-0.2, 0) is 30.4 Å². The quantitative estimate of drug-likeness (QED) is 0.326. The maximum atomic E-state index is 12.3. The van der Waals surface area contributed by atoms with Gasteiger partial charge in [0.2, 0.25) is 0 Å². The van der Waals surface area contributed by atoms with E-state index in [4.69, 9.17) is 19.9 Å². The van der Waals surface area contributed by atoms with Crippen molar-refractivity contribution in [2.45, 2.75) is 46.1 Å². The highest BCUT2D eigenvalue weighted by Crippen LogP contribution is 2.11. The second-order valence-corrected chi connectivity index (χ2v) is 6.50. The minimum Gasteiger partial charge on any atom is -0.465 e. The summed E-state index contributed by atoms with van der Waals surface area (Å²) in [5.74, 6) is -3.28. The van der Waals surface area contributed by atoms with Crippen LogP contribution in [0.1, 0.15) is 33.3 Å². The lowest BCUT2D eigenvalue weighted by atomic mass is 10.1. The van der Waals surface area contributed by atoms with E-state index in [1.54, 1.807) is 52.0 Å². The van der Waals surface area contributed by atoms with Crippen LogP contribution in [0.5, 0.6) is 0 Å². The second kappa shape index (κ2) is 9.76. The van der Waals surface area contributed by atoms with Gasteiger partial charge in [-0.1, -0.05) is 30.3 Å². The summed E-state index contributed by atoms with van der Waals surface area (Å²) < 4.78 is 15.1. The molecule has 1 unspecified atom stereocenters. The molecule has 1 rings (SSSR count). The van der Waals surface area contributed by atoms with E-state index in [1.165, 1.54) is 0 Å². The van der Waals surface area contributed by atoms with Crippen molar-refractivity contribution in [3.63, 3.8) is 0 Å². The van der Waals surface area contributed by atoms with E-state index in [2.05, 4.69) is 5.32 Å². The Morgan fingerprint density at radius 1 is 1.08 bits per heavy atom. The molecule has 0 saturated heterocycles. The first-order chi connectivity index (χ1) is 12.1. The third-order valence-electron chi connectivity index (χ3n) is 3.06. The van der Waals surface area contributed by atoms with Crippen molar-refractivity contribution in [1.29, 1.82) is 0 Å². The van der Waals surface area contributed by atoms with Gasteiger partial charge >= 0.3 is 18.0 Å². The van der Waals surface area contributed by atoms with Crippen molar-refractivity contribution < 1.29 is 28.6 Å². The van der Waals surface area contributed by atoms with Crippen LogP contribution in [0.3, 0.4) is 0 Å². The van der Waals surface area contributed by atoms with Gasteiger partial charge in [-0.15, -0.1) is 0 Å². The second-order valence-electron chi connectivity index (χ2n) is 6.50. The van der Waals surface area contributed by atoms with Crippen LogP contribution in [0.4, 0.5) is 4.79 Å². The largest absolute Gasteiger partial charge is 0.465 e. The molecule has 1 aromatic carbocycles. The Kier molecular flexibility index (Phi) is 8.05. The fourth-order valence-electron chi connectivity index (χ4n) is 1.97. The van der Waals surface area contributed by atoms with Crippen LogP contribution >= 0.6 is 0 Å². The van der Waals surface area contributed by atoms with Crippen LogP contribution in [0.2, 0.25) is 0 Å².